The molecule has 2 rings (SSSR count). The molecule has 0 aliphatic rings. The van der Waals surface area contributed by atoms with Gasteiger partial charge in [0.05, 0.1) is 20.3 Å². The second kappa shape index (κ2) is 5.83. The van der Waals surface area contributed by atoms with Crippen LogP contribution in [0.2, 0.25) is 0 Å². The monoisotopic (exact) mass is 276 g/mol. The van der Waals surface area contributed by atoms with Crippen LogP contribution in [0, 0.1) is 0 Å². The van der Waals surface area contributed by atoms with Gasteiger partial charge < -0.3 is 14.8 Å². The van der Waals surface area contributed by atoms with E-state index in [-0.39, 0.29) is 5.70 Å². The Bertz CT molecular complexity index is 677. The molecule has 0 saturated carbocycles. The minimum Gasteiger partial charge on any atom is -0.466 e. The van der Waals surface area contributed by atoms with E-state index in [1.807, 2.05) is 0 Å². The number of nitrogens with one attached hydrogen (secondary N) is 2. The molecule has 0 bridgehead atoms. The van der Waals surface area contributed by atoms with Crippen molar-refractivity contribution in [1.82, 2.24) is 15.4 Å². The number of hydrogen-bond donors (Lipinski definition) is 2. The summed E-state index contributed by atoms with van der Waals surface area (Å²) in [7, 11) is 2.44. The van der Waals surface area contributed by atoms with Gasteiger partial charge in [0.2, 0.25) is 0 Å². The number of aromatic nitrogens is 3. The van der Waals surface area contributed by atoms with Gasteiger partial charge >= 0.3 is 11.9 Å². The van der Waals surface area contributed by atoms with Gasteiger partial charge in [-0.25, -0.2) is 9.59 Å². The highest BCUT2D eigenvalue weighted by Gasteiger charge is 2.13. The smallest absolute Gasteiger partial charge is 0.354 e. The highest BCUT2D eigenvalue weighted by Crippen LogP contribution is 2.17. The van der Waals surface area contributed by atoms with Gasteiger partial charge in [0.15, 0.2) is 0 Å². The summed E-state index contributed by atoms with van der Waals surface area (Å²) in [5.41, 5.74) is 1.83. The first kappa shape index (κ1) is 13.5. The normalized spacial score (nSPS) is 11.2. The van der Waals surface area contributed by atoms with Crippen molar-refractivity contribution in [3.63, 3.8) is 0 Å². The van der Waals surface area contributed by atoms with Crippen LogP contribution < -0.4 is 5.32 Å². The fraction of sp³-hybridized carbons (Fsp3) is 0.167. The van der Waals surface area contributed by atoms with E-state index in [2.05, 4.69) is 30.2 Å². The largest absolute Gasteiger partial charge is 0.466 e. The van der Waals surface area contributed by atoms with Crippen molar-refractivity contribution in [3.05, 3.63) is 30.0 Å². The second-order valence-corrected chi connectivity index (χ2v) is 3.72. The van der Waals surface area contributed by atoms with E-state index < -0.39 is 11.9 Å². The predicted octanol–water partition coefficient (Wildman–Crippen LogP) is 0.600. The first-order chi connectivity index (χ1) is 9.63. The zero-order valence-electron chi connectivity index (χ0n) is 10.8. The molecule has 0 spiro atoms. The van der Waals surface area contributed by atoms with E-state index in [0.717, 1.165) is 6.08 Å². The van der Waals surface area contributed by atoms with Crippen molar-refractivity contribution in [1.29, 1.82) is 0 Å². The zero-order valence-corrected chi connectivity index (χ0v) is 10.8. The standard InChI is InChI=1S/C12H12N4O4/c1-19-11(17)6-10(12(18)20-2)13-7-3-4-8-9(5-7)15-16-14-8/h3-6,13H,1-2H3,(H,14,15,16)/b10-6+. The summed E-state index contributed by atoms with van der Waals surface area (Å²) >= 11 is 0. The maximum absolute atomic E-state index is 11.6. The Morgan fingerprint density at radius 2 is 1.95 bits per heavy atom. The number of esters is 2. The summed E-state index contributed by atoms with van der Waals surface area (Å²) in [4.78, 5) is 22.8. The first-order valence-electron chi connectivity index (χ1n) is 5.59. The average Bonchev–Trinajstić information content (AvgIpc) is 2.93. The van der Waals surface area contributed by atoms with Crippen molar-refractivity contribution in [3.8, 4) is 0 Å². The van der Waals surface area contributed by atoms with E-state index in [4.69, 9.17) is 0 Å². The number of aromatic amines is 1. The molecule has 1 heterocycles. The molecule has 0 aliphatic carbocycles. The van der Waals surface area contributed by atoms with Gasteiger partial charge in [-0.15, -0.1) is 0 Å². The van der Waals surface area contributed by atoms with Crippen molar-refractivity contribution < 1.29 is 19.1 Å². The maximum atomic E-state index is 11.6. The third kappa shape index (κ3) is 2.91. The number of ether oxygens (including phenoxy) is 2. The van der Waals surface area contributed by atoms with Crippen LogP contribution in [0.15, 0.2) is 30.0 Å². The van der Waals surface area contributed by atoms with E-state index >= 15 is 0 Å². The van der Waals surface area contributed by atoms with Gasteiger partial charge in [0, 0.05) is 5.69 Å². The number of benzene rings is 1. The molecule has 0 aliphatic heterocycles. The molecule has 8 nitrogen and oxygen atoms in total. The van der Waals surface area contributed by atoms with Crippen LogP contribution in [0.25, 0.3) is 11.0 Å². The van der Waals surface area contributed by atoms with E-state index in [1.54, 1.807) is 18.2 Å². The van der Waals surface area contributed by atoms with Crippen LogP contribution in [0.5, 0.6) is 0 Å². The molecule has 0 radical (unpaired) electrons. The molecule has 0 fully saturated rings. The Balaban J connectivity index is 2.28. The van der Waals surface area contributed by atoms with E-state index in [9.17, 15) is 9.59 Å². The molecule has 0 unspecified atom stereocenters. The number of methoxy groups -OCH3 is 2. The molecule has 1 aromatic carbocycles. The van der Waals surface area contributed by atoms with Crippen LogP contribution in [0.4, 0.5) is 5.69 Å². The van der Waals surface area contributed by atoms with Gasteiger partial charge in [-0.3, -0.25) is 0 Å². The molecule has 8 heteroatoms. The van der Waals surface area contributed by atoms with Crippen LogP contribution >= 0.6 is 0 Å². The van der Waals surface area contributed by atoms with Gasteiger partial charge in [-0.1, -0.05) is 0 Å². The molecule has 104 valence electrons. The van der Waals surface area contributed by atoms with Crippen molar-refractivity contribution in [2.24, 2.45) is 0 Å². The van der Waals surface area contributed by atoms with E-state index in [0.29, 0.717) is 16.7 Å². The number of H-pyrrole nitrogens is 1. The molecule has 1 aromatic heterocycles. The number of fused-ring (bicyclic) bond motifs is 1. The van der Waals surface area contributed by atoms with Crippen molar-refractivity contribution >= 4 is 28.7 Å². The molecular formula is C12H12N4O4. The summed E-state index contributed by atoms with van der Waals surface area (Å²) in [6.45, 7) is 0. The fourth-order valence-electron chi connectivity index (χ4n) is 1.51. The molecule has 20 heavy (non-hydrogen) atoms. The molecule has 0 atom stereocenters. The van der Waals surface area contributed by atoms with Crippen LogP contribution in [-0.4, -0.2) is 41.6 Å². The first-order valence-corrected chi connectivity index (χ1v) is 5.59. The summed E-state index contributed by atoms with van der Waals surface area (Å²) < 4.78 is 9.07. The van der Waals surface area contributed by atoms with Crippen molar-refractivity contribution in [2.45, 2.75) is 0 Å². The van der Waals surface area contributed by atoms with Crippen LogP contribution in [-0.2, 0) is 19.1 Å². The van der Waals surface area contributed by atoms with Crippen molar-refractivity contribution in [2.75, 3.05) is 19.5 Å². The lowest BCUT2D eigenvalue weighted by Gasteiger charge is -2.08. The zero-order chi connectivity index (χ0) is 14.5. The summed E-state index contributed by atoms with van der Waals surface area (Å²) in [6.07, 6.45) is 1.01. The Morgan fingerprint density at radius 3 is 2.65 bits per heavy atom. The number of rotatable bonds is 4. The van der Waals surface area contributed by atoms with Gasteiger partial charge in [-0.05, 0) is 18.2 Å². The third-order valence-electron chi connectivity index (χ3n) is 2.46. The number of nitrogens with zero attached hydrogens (tertiary/aromatic N) is 2. The minimum atomic E-state index is -0.685. The average molecular weight is 276 g/mol. The number of carbonyl (C=O) groups excluding carboxylic acids is 2. The quantitative estimate of drug-likeness (QED) is 0.622. The molecule has 2 N–H and O–H groups in total. The summed E-state index contributed by atoms with van der Waals surface area (Å²) in [6, 6.07) is 5.08. The highest BCUT2D eigenvalue weighted by molar-refractivity contribution is 5.99. The number of carbonyl (C=O) groups is 2. The lowest BCUT2D eigenvalue weighted by Crippen LogP contribution is -2.15. The SMILES string of the molecule is COC(=O)/C=C(/Nc1ccc2n[nH]nc2c1)C(=O)OC. The summed E-state index contributed by atoms with van der Waals surface area (Å²) in [5.74, 6) is -1.35. The summed E-state index contributed by atoms with van der Waals surface area (Å²) in [5, 5.41) is 13.1. The van der Waals surface area contributed by atoms with E-state index in [1.165, 1.54) is 14.2 Å². The van der Waals surface area contributed by atoms with Crippen LogP contribution in [0.1, 0.15) is 0 Å². The second-order valence-electron chi connectivity index (χ2n) is 3.72. The van der Waals surface area contributed by atoms with Gasteiger partial charge in [0.1, 0.15) is 16.7 Å². The predicted molar refractivity (Wildman–Crippen MR) is 69.6 cm³/mol. The number of anilines is 1. The van der Waals surface area contributed by atoms with Crippen LogP contribution in [0.3, 0.4) is 0 Å². The number of hydrogen-bond acceptors (Lipinski definition) is 7. The third-order valence-corrected chi connectivity index (χ3v) is 2.46. The molecule has 0 amide bonds. The Labute approximate surface area is 113 Å². The Hall–Kier alpha value is -2.90. The Morgan fingerprint density at radius 1 is 1.20 bits per heavy atom. The lowest BCUT2D eigenvalue weighted by molar-refractivity contribution is -0.138. The molecular weight excluding hydrogens is 264 g/mol. The maximum Gasteiger partial charge on any atom is 0.354 e. The van der Waals surface area contributed by atoms with Gasteiger partial charge in [-0.2, -0.15) is 15.4 Å². The fourth-order valence-corrected chi connectivity index (χ4v) is 1.51. The molecule has 2 aromatic rings. The Kier molecular flexibility index (Phi) is 3.94. The topological polar surface area (TPSA) is 106 Å². The highest BCUT2D eigenvalue weighted by atomic mass is 16.5. The minimum absolute atomic E-state index is 0.0396. The molecule has 0 saturated heterocycles. The van der Waals surface area contributed by atoms with Gasteiger partial charge in [0.25, 0.3) is 0 Å². The lowest BCUT2D eigenvalue weighted by atomic mass is 10.2.